The maximum atomic E-state index is 13.5. The predicted octanol–water partition coefficient (Wildman–Crippen LogP) is 3.00. The third kappa shape index (κ3) is 3.24. The van der Waals surface area contributed by atoms with E-state index in [4.69, 9.17) is 10.1 Å². The van der Waals surface area contributed by atoms with Gasteiger partial charge in [0, 0.05) is 29.8 Å². The van der Waals surface area contributed by atoms with Gasteiger partial charge < -0.3 is 10.6 Å². The number of rotatable bonds is 3. The molecular weight excluding hydrogens is 381 g/mol. The topological polar surface area (TPSA) is 80.0 Å². The summed E-state index contributed by atoms with van der Waals surface area (Å²) in [6.45, 7) is 6.13. The molecule has 0 saturated carbocycles. The van der Waals surface area contributed by atoms with Crippen molar-refractivity contribution < 1.29 is 4.39 Å². The summed E-state index contributed by atoms with van der Waals surface area (Å²) in [5.41, 5.74) is 4.68. The van der Waals surface area contributed by atoms with Gasteiger partial charge in [-0.15, -0.1) is 0 Å². The minimum atomic E-state index is -0.284. The first kappa shape index (κ1) is 18.8. The van der Waals surface area contributed by atoms with Crippen LogP contribution < -0.4 is 10.6 Å². The van der Waals surface area contributed by atoms with Crippen LogP contribution in [0.15, 0.2) is 54.9 Å². The Morgan fingerprint density at radius 2 is 1.83 bits per heavy atom. The highest BCUT2D eigenvalue weighted by Gasteiger charge is 2.34. The van der Waals surface area contributed by atoms with E-state index in [9.17, 15) is 4.39 Å². The molecule has 4 heterocycles. The van der Waals surface area contributed by atoms with Crippen molar-refractivity contribution in [2.24, 2.45) is 0 Å². The van der Waals surface area contributed by atoms with Gasteiger partial charge in [0.15, 0.2) is 5.65 Å². The van der Waals surface area contributed by atoms with Gasteiger partial charge in [-0.05, 0) is 56.3 Å². The Labute approximate surface area is 173 Å². The second-order valence-corrected chi connectivity index (χ2v) is 8.01. The first-order valence-electron chi connectivity index (χ1n) is 9.94. The van der Waals surface area contributed by atoms with Gasteiger partial charge in [-0.2, -0.15) is 15.3 Å². The number of halogens is 1. The van der Waals surface area contributed by atoms with Gasteiger partial charge in [0.1, 0.15) is 11.5 Å². The van der Waals surface area contributed by atoms with Crippen molar-refractivity contribution in [3.63, 3.8) is 0 Å². The van der Waals surface area contributed by atoms with Gasteiger partial charge >= 0.3 is 0 Å². The standard InChI is InChI=1S/C22H22FN7/c1-22(2)21(24-11-12-25-22)17-7-8-18-28-19(14-3-5-16(23)6-4-14)20(30(18)29-17)15-9-10-26-27-13-15/h3-10,13,21,24-25H,11-12H2,1-2H3. The number of hydrogen-bond acceptors (Lipinski definition) is 6. The largest absolute Gasteiger partial charge is 0.309 e. The number of benzene rings is 1. The average Bonchev–Trinajstić information content (AvgIpc) is 3.13. The summed E-state index contributed by atoms with van der Waals surface area (Å²) in [6, 6.07) is 12.2. The van der Waals surface area contributed by atoms with Gasteiger partial charge in [0.25, 0.3) is 0 Å². The Kier molecular flexibility index (Phi) is 4.52. The van der Waals surface area contributed by atoms with Crippen molar-refractivity contribution in [3.8, 4) is 22.5 Å². The van der Waals surface area contributed by atoms with Crippen molar-refractivity contribution in [2.45, 2.75) is 25.4 Å². The number of aromatic nitrogens is 5. The fraction of sp³-hybridized carbons (Fsp3) is 0.273. The smallest absolute Gasteiger partial charge is 0.154 e. The minimum absolute atomic E-state index is 0.0516. The van der Waals surface area contributed by atoms with Crippen LogP contribution in [-0.4, -0.2) is 43.4 Å². The lowest BCUT2D eigenvalue weighted by atomic mass is 9.90. The van der Waals surface area contributed by atoms with Crippen molar-refractivity contribution >= 4 is 5.65 Å². The fourth-order valence-electron chi connectivity index (χ4n) is 4.03. The quantitative estimate of drug-likeness (QED) is 0.547. The van der Waals surface area contributed by atoms with Gasteiger partial charge in [-0.3, -0.25) is 0 Å². The van der Waals surface area contributed by atoms with Crippen molar-refractivity contribution in [1.29, 1.82) is 0 Å². The number of nitrogens with zero attached hydrogens (tertiary/aromatic N) is 5. The molecule has 1 atom stereocenters. The first-order chi connectivity index (χ1) is 14.5. The average molecular weight is 403 g/mol. The molecule has 5 rings (SSSR count). The van der Waals surface area contributed by atoms with Gasteiger partial charge in [0.05, 0.1) is 29.8 Å². The Hall–Kier alpha value is -3.23. The molecular formula is C22H22FN7. The molecule has 3 aromatic heterocycles. The van der Waals surface area contributed by atoms with E-state index < -0.39 is 0 Å². The van der Waals surface area contributed by atoms with Crippen LogP contribution in [-0.2, 0) is 0 Å². The molecule has 2 N–H and O–H groups in total. The number of fused-ring (bicyclic) bond motifs is 1. The van der Waals surface area contributed by atoms with Gasteiger partial charge in [-0.1, -0.05) is 0 Å². The van der Waals surface area contributed by atoms with E-state index in [0.29, 0.717) is 5.65 Å². The molecule has 1 aliphatic rings. The second-order valence-electron chi connectivity index (χ2n) is 8.01. The summed E-state index contributed by atoms with van der Waals surface area (Å²) in [6.07, 6.45) is 3.33. The third-order valence-corrected chi connectivity index (χ3v) is 5.54. The zero-order chi connectivity index (χ0) is 20.7. The molecule has 1 unspecified atom stereocenters. The van der Waals surface area contributed by atoms with E-state index in [0.717, 1.165) is 41.3 Å². The Morgan fingerprint density at radius 1 is 1.00 bits per heavy atom. The maximum Gasteiger partial charge on any atom is 0.154 e. The van der Waals surface area contributed by atoms with Crippen LogP contribution in [0.4, 0.5) is 4.39 Å². The molecule has 0 radical (unpaired) electrons. The summed E-state index contributed by atoms with van der Waals surface area (Å²) in [7, 11) is 0. The van der Waals surface area contributed by atoms with Crippen molar-refractivity contribution in [2.75, 3.05) is 13.1 Å². The Bertz CT molecular complexity index is 1190. The molecule has 152 valence electrons. The van der Waals surface area contributed by atoms with E-state index in [1.54, 1.807) is 24.5 Å². The molecule has 0 spiro atoms. The highest BCUT2D eigenvalue weighted by atomic mass is 19.1. The minimum Gasteiger partial charge on any atom is -0.309 e. The lowest BCUT2D eigenvalue weighted by molar-refractivity contribution is 0.233. The van der Waals surface area contributed by atoms with Gasteiger partial charge in [-0.25, -0.2) is 13.9 Å². The van der Waals surface area contributed by atoms with E-state index in [2.05, 4.69) is 34.7 Å². The summed E-state index contributed by atoms with van der Waals surface area (Å²) < 4.78 is 15.3. The molecule has 1 aromatic carbocycles. The van der Waals surface area contributed by atoms with Crippen molar-refractivity contribution in [1.82, 2.24) is 35.4 Å². The van der Waals surface area contributed by atoms with Crippen molar-refractivity contribution in [3.05, 3.63) is 66.4 Å². The molecule has 7 nitrogen and oxygen atoms in total. The number of imidazole rings is 1. The molecule has 4 aromatic rings. The monoisotopic (exact) mass is 403 g/mol. The zero-order valence-corrected chi connectivity index (χ0v) is 16.8. The normalized spacial score (nSPS) is 18.6. The number of piperazine rings is 1. The van der Waals surface area contributed by atoms with Crippen LogP contribution in [0.25, 0.3) is 28.2 Å². The molecule has 1 aliphatic heterocycles. The molecule has 0 bridgehead atoms. The molecule has 8 heteroatoms. The third-order valence-electron chi connectivity index (χ3n) is 5.54. The highest BCUT2D eigenvalue weighted by molar-refractivity contribution is 5.81. The number of hydrogen-bond donors (Lipinski definition) is 2. The molecule has 30 heavy (non-hydrogen) atoms. The summed E-state index contributed by atoms with van der Waals surface area (Å²) in [4.78, 5) is 4.81. The fourth-order valence-corrected chi connectivity index (χ4v) is 4.03. The predicted molar refractivity (Wildman–Crippen MR) is 112 cm³/mol. The number of nitrogens with one attached hydrogen (secondary N) is 2. The summed E-state index contributed by atoms with van der Waals surface area (Å²) in [5.74, 6) is -0.284. The maximum absolute atomic E-state index is 13.5. The second kappa shape index (κ2) is 7.23. The molecule has 1 fully saturated rings. The Balaban J connectivity index is 1.72. The molecule has 0 aliphatic carbocycles. The first-order valence-corrected chi connectivity index (χ1v) is 9.94. The lowest BCUT2D eigenvalue weighted by Crippen LogP contribution is -2.57. The molecule has 0 amide bonds. The van der Waals surface area contributed by atoms with E-state index in [-0.39, 0.29) is 17.4 Å². The Morgan fingerprint density at radius 3 is 2.57 bits per heavy atom. The van der Waals surface area contributed by atoms with Gasteiger partial charge in [0.2, 0.25) is 0 Å². The van der Waals surface area contributed by atoms with Crippen LogP contribution in [0.2, 0.25) is 0 Å². The lowest BCUT2D eigenvalue weighted by Gasteiger charge is -2.40. The van der Waals surface area contributed by atoms with Crippen LogP contribution in [0.5, 0.6) is 0 Å². The van der Waals surface area contributed by atoms with Crippen LogP contribution in [0, 0.1) is 5.82 Å². The highest BCUT2D eigenvalue weighted by Crippen LogP contribution is 2.33. The van der Waals surface area contributed by atoms with E-state index in [1.807, 2.05) is 22.7 Å². The zero-order valence-electron chi connectivity index (χ0n) is 16.8. The summed E-state index contributed by atoms with van der Waals surface area (Å²) in [5, 5.41) is 20.0. The SMILES string of the molecule is CC1(C)NCCNC1c1ccc2nc(-c3ccc(F)cc3)c(-c3ccnnc3)n2n1. The van der Waals surface area contributed by atoms with Crippen LogP contribution in [0.1, 0.15) is 25.6 Å². The van der Waals surface area contributed by atoms with Crippen LogP contribution >= 0.6 is 0 Å². The van der Waals surface area contributed by atoms with E-state index >= 15 is 0 Å². The van der Waals surface area contributed by atoms with Crippen LogP contribution in [0.3, 0.4) is 0 Å². The summed E-state index contributed by atoms with van der Waals surface area (Å²) >= 11 is 0. The molecule has 1 saturated heterocycles. The van der Waals surface area contributed by atoms with E-state index in [1.165, 1.54) is 12.1 Å².